The van der Waals surface area contributed by atoms with Crippen LogP contribution in [0.5, 0.6) is 5.75 Å². The lowest BCUT2D eigenvalue weighted by Gasteiger charge is -2.00. The number of aryl methyl sites for hydroxylation is 1. The van der Waals surface area contributed by atoms with Crippen LogP contribution in [0.15, 0.2) is 31.0 Å². The Hall–Kier alpha value is -2.17. The molecule has 0 aromatic carbocycles. The Morgan fingerprint density at radius 2 is 2.25 bits per heavy atom. The fourth-order valence-corrected chi connectivity index (χ4v) is 1.33. The smallest absolute Gasteiger partial charge is 0.214 e. The van der Waals surface area contributed by atoms with Crippen LogP contribution in [0.25, 0.3) is 0 Å². The van der Waals surface area contributed by atoms with E-state index in [-0.39, 0.29) is 5.78 Å². The summed E-state index contributed by atoms with van der Waals surface area (Å²) in [4.78, 5) is 19.9. The van der Waals surface area contributed by atoms with E-state index in [1.165, 1.54) is 13.3 Å². The largest absolute Gasteiger partial charge is 0.495 e. The van der Waals surface area contributed by atoms with Crippen LogP contribution in [0.1, 0.15) is 16.1 Å². The van der Waals surface area contributed by atoms with Gasteiger partial charge < -0.3 is 9.30 Å². The quantitative estimate of drug-likeness (QED) is 0.721. The molecule has 2 aromatic rings. The topological polar surface area (TPSA) is 57.0 Å². The summed E-state index contributed by atoms with van der Waals surface area (Å²) in [7, 11) is 3.35. The van der Waals surface area contributed by atoms with Crippen molar-refractivity contribution in [3.8, 4) is 5.75 Å². The number of hydrogen-bond donors (Lipinski definition) is 0. The number of ketones is 1. The Morgan fingerprint density at radius 1 is 1.44 bits per heavy atom. The van der Waals surface area contributed by atoms with Crippen LogP contribution in [0.3, 0.4) is 0 Å². The third kappa shape index (κ3) is 1.93. The van der Waals surface area contributed by atoms with Crippen LogP contribution in [-0.4, -0.2) is 27.4 Å². The molecule has 5 heteroatoms. The predicted octanol–water partition coefficient (Wildman–Crippen LogP) is 1.05. The van der Waals surface area contributed by atoms with Gasteiger partial charge in [-0.25, -0.2) is 4.98 Å². The van der Waals surface area contributed by atoms with Gasteiger partial charge in [-0.2, -0.15) is 0 Å². The highest BCUT2D eigenvalue weighted by molar-refractivity contribution is 6.07. The molecule has 16 heavy (non-hydrogen) atoms. The molecular weight excluding hydrogens is 206 g/mol. The van der Waals surface area contributed by atoms with Gasteiger partial charge in [-0.1, -0.05) is 0 Å². The first-order valence-electron chi connectivity index (χ1n) is 4.72. The zero-order valence-electron chi connectivity index (χ0n) is 9.04. The van der Waals surface area contributed by atoms with Gasteiger partial charge in [0.25, 0.3) is 0 Å². The lowest BCUT2D eigenvalue weighted by molar-refractivity contribution is 0.103. The minimum absolute atomic E-state index is 0.160. The Labute approximate surface area is 92.7 Å². The number of carbonyl (C=O) groups is 1. The second-order valence-corrected chi connectivity index (χ2v) is 3.37. The molecule has 5 nitrogen and oxygen atoms in total. The van der Waals surface area contributed by atoms with Gasteiger partial charge in [0, 0.05) is 25.0 Å². The first-order chi connectivity index (χ1) is 7.70. The highest BCUT2D eigenvalue weighted by Gasteiger charge is 2.12. The first kappa shape index (κ1) is 10.4. The Balaban J connectivity index is 2.33. The molecule has 0 saturated carbocycles. The van der Waals surface area contributed by atoms with Gasteiger partial charge in [-0.15, -0.1) is 0 Å². The fourth-order valence-electron chi connectivity index (χ4n) is 1.33. The molecule has 0 radical (unpaired) electrons. The molecule has 82 valence electrons. The van der Waals surface area contributed by atoms with Crippen molar-refractivity contribution < 1.29 is 9.53 Å². The first-order valence-corrected chi connectivity index (χ1v) is 4.72. The van der Waals surface area contributed by atoms with E-state index in [0.29, 0.717) is 17.0 Å². The maximum Gasteiger partial charge on any atom is 0.214 e. The monoisotopic (exact) mass is 217 g/mol. The maximum absolute atomic E-state index is 12.0. The molecule has 2 rings (SSSR count). The molecule has 0 aliphatic heterocycles. The number of methoxy groups -OCH3 is 1. The van der Waals surface area contributed by atoms with E-state index in [1.807, 2.05) is 7.05 Å². The summed E-state index contributed by atoms with van der Waals surface area (Å²) < 4.78 is 6.73. The van der Waals surface area contributed by atoms with E-state index in [9.17, 15) is 4.79 Å². The normalized spacial score (nSPS) is 10.1. The van der Waals surface area contributed by atoms with E-state index in [2.05, 4.69) is 9.97 Å². The minimum atomic E-state index is -0.160. The molecule has 0 unspecified atom stereocenters. The summed E-state index contributed by atoms with van der Waals surface area (Å²) in [6, 6.07) is 1.64. The summed E-state index contributed by atoms with van der Waals surface area (Å²) >= 11 is 0. The standard InChI is InChI=1S/C11H11N3O2/c1-14-6-10(13-7-14)11(15)8-3-9(16-2)5-12-4-8/h3-7H,1-2H3. The lowest BCUT2D eigenvalue weighted by Crippen LogP contribution is -2.02. The number of carbonyl (C=O) groups excluding carboxylic acids is 1. The fraction of sp³-hybridized carbons (Fsp3) is 0.182. The number of pyridine rings is 1. The van der Waals surface area contributed by atoms with Gasteiger partial charge in [-0.3, -0.25) is 9.78 Å². The van der Waals surface area contributed by atoms with Crippen molar-refractivity contribution in [2.24, 2.45) is 7.05 Å². The lowest BCUT2D eigenvalue weighted by atomic mass is 10.1. The average molecular weight is 217 g/mol. The summed E-state index contributed by atoms with van der Waals surface area (Å²) in [5.74, 6) is 0.397. The van der Waals surface area contributed by atoms with E-state index < -0.39 is 0 Å². The van der Waals surface area contributed by atoms with Crippen LogP contribution in [0.4, 0.5) is 0 Å². The summed E-state index contributed by atoms with van der Waals surface area (Å²) in [5.41, 5.74) is 0.871. The van der Waals surface area contributed by atoms with Crippen molar-refractivity contribution in [3.63, 3.8) is 0 Å². The van der Waals surface area contributed by atoms with Crippen molar-refractivity contribution >= 4 is 5.78 Å². The van der Waals surface area contributed by atoms with Crippen molar-refractivity contribution in [1.29, 1.82) is 0 Å². The van der Waals surface area contributed by atoms with Crippen LogP contribution in [-0.2, 0) is 7.05 Å². The van der Waals surface area contributed by atoms with Crippen LogP contribution in [0, 0.1) is 0 Å². The van der Waals surface area contributed by atoms with Crippen LogP contribution < -0.4 is 4.74 Å². The van der Waals surface area contributed by atoms with Gasteiger partial charge >= 0.3 is 0 Å². The molecule has 0 saturated heterocycles. The molecule has 0 amide bonds. The van der Waals surface area contributed by atoms with Gasteiger partial charge in [0.15, 0.2) is 0 Å². The third-order valence-corrected chi connectivity index (χ3v) is 2.15. The zero-order chi connectivity index (χ0) is 11.5. The molecule has 0 fully saturated rings. The SMILES string of the molecule is COc1cncc(C(=O)c2cn(C)cn2)c1. The molecule has 0 aliphatic rings. The molecule has 2 heterocycles. The average Bonchev–Trinajstić information content (AvgIpc) is 2.75. The summed E-state index contributed by atoms with van der Waals surface area (Å²) in [6.07, 6.45) is 6.30. The van der Waals surface area contributed by atoms with Crippen molar-refractivity contribution in [3.05, 3.63) is 42.2 Å². The van der Waals surface area contributed by atoms with E-state index >= 15 is 0 Å². The molecule has 0 N–H and O–H groups in total. The second kappa shape index (κ2) is 4.14. The molecule has 2 aromatic heterocycles. The third-order valence-electron chi connectivity index (χ3n) is 2.15. The minimum Gasteiger partial charge on any atom is -0.495 e. The zero-order valence-corrected chi connectivity index (χ0v) is 9.04. The molecule has 0 atom stereocenters. The Morgan fingerprint density at radius 3 is 2.88 bits per heavy atom. The number of imidazole rings is 1. The van der Waals surface area contributed by atoms with Gasteiger partial charge in [0.05, 0.1) is 19.6 Å². The van der Waals surface area contributed by atoms with Crippen LogP contribution in [0.2, 0.25) is 0 Å². The summed E-state index contributed by atoms with van der Waals surface area (Å²) in [5, 5.41) is 0. The highest BCUT2D eigenvalue weighted by atomic mass is 16.5. The Bertz CT molecular complexity index is 519. The highest BCUT2D eigenvalue weighted by Crippen LogP contribution is 2.13. The van der Waals surface area contributed by atoms with E-state index in [1.54, 1.807) is 29.4 Å². The molecular formula is C11H11N3O2. The van der Waals surface area contributed by atoms with Crippen molar-refractivity contribution in [1.82, 2.24) is 14.5 Å². The molecule has 0 spiro atoms. The van der Waals surface area contributed by atoms with Crippen molar-refractivity contribution in [2.45, 2.75) is 0 Å². The second-order valence-electron chi connectivity index (χ2n) is 3.37. The van der Waals surface area contributed by atoms with Gasteiger partial charge in [-0.05, 0) is 6.07 Å². The van der Waals surface area contributed by atoms with E-state index in [4.69, 9.17) is 4.74 Å². The number of hydrogen-bond acceptors (Lipinski definition) is 4. The molecule has 0 bridgehead atoms. The number of aromatic nitrogens is 3. The number of rotatable bonds is 3. The van der Waals surface area contributed by atoms with Crippen molar-refractivity contribution in [2.75, 3.05) is 7.11 Å². The number of nitrogens with zero attached hydrogens (tertiary/aromatic N) is 3. The Kier molecular flexibility index (Phi) is 2.68. The van der Waals surface area contributed by atoms with Gasteiger partial charge in [0.1, 0.15) is 11.4 Å². The van der Waals surface area contributed by atoms with E-state index in [0.717, 1.165) is 0 Å². The van der Waals surface area contributed by atoms with Crippen LogP contribution >= 0.6 is 0 Å². The predicted molar refractivity (Wildman–Crippen MR) is 57.4 cm³/mol. The maximum atomic E-state index is 12.0. The number of ether oxygens (including phenoxy) is 1. The molecule has 0 aliphatic carbocycles. The van der Waals surface area contributed by atoms with Gasteiger partial charge in [0.2, 0.25) is 5.78 Å². The summed E-state index contributed by atoms with van der Waals surface area (Å²) in [6.45, 7) is 0.